The van der Waals surface area contributed by atoms with Crippen LogP contribution in [0.15, 0.2) is 18.2 Å². The molecule has 0 spiro atoms. The Hall–Kier alpha value is -2.15. The van der Waals surface area contributed by atoms with Gasteiger partial charge in [-0.15, -0.1) is 0 Å². The van der Waals surface area contributed by atoms with Gasteiger partial charge in [0.25, 0.3) is 5.69 Å². The third-order valence-electron chi connectivity index (χ3n) is 3.73. The smallest absolute Gasteiger partial charge is 0.271 e. The summed E-state index contributed by atoms with van der Waals surface area (Å²) in [6.45, 7) is 2.13. The molecule has 2 rings (SSSR count). The summed E-state index contributed by atoms with van der Waals surface area (Å²) in [5.74, 6) is 0.232. The number of benzene rings is 1. The maximum absolute atomic E-state index is 12.2. The van der Waals surface area contributed by atoms with Crippen LogP contribution in [0.2, 0.25) is 0 Å². The summed E-state index contributed by atoms with van der Waals surface area (Å²) in [6.07, 6.45) is 4.62. The van der Waals surface area contributed by atoms with E-state index in [0.29, 0.717) is 18.0 Å². The lowest BCUT2D eigenvalue weighted by atomic mass is 10.2. The third kappa shape index (κ3) is 4.42. The predicted octanol–water partition coefficient (Wildman–Crippen LogP) is 2.42. The molecule has 22 heavy (non-hydrogen) atoms. The lowest BCUT2D eigenvalue weighted by Crippen LogP contribution is -2.34. The van der Waals surface area contributed by atoms with E-state index in [1.165, 1.54) is 38.2 Å². The Morgan fingerprint density at radius 1 is 1.32 bits per heavy atom. The van der Waals surface area contributed by atoms with Gasteiger partial charge in [0, 0.05) is 12.1 Å². The standard InChI is InChI=1S/C15H21N3O4/c1-22-14-7-6-12(18(20)21)10-13(14)16-15(19)11-17-8-4-2-3-5-9-17/h6-7,10H,2-5,8-9,11H2,1H3,(H,16,19). The van der Waals surface area contributed by atoms with Crippen molar-refractivity contribution in [2.24, 2.45) is 0 Å². The number of rotatable bonds is 5. The van der Waals surface area contributed by atoms with Gasteiger partial charge in [-0.05, 0) is 32.0 Å². The lowest BCUT2D eigenvalue weighted by molar-refractivity contribution is -0.384. The van der Waals surface area contributed by atoms with Gasteiger partial charge in [0.15, 0.2) is 0 Å². The summed E-state index contributed by atoms with van der Waals surface area (Å²) in [5, 5.41) is 13.6. The van der Waals surface area contributed by atoms with Gasteiger partial charge in [0.05, 0.1) is 24.3 Å². The van der Waals surface area contributed by atoms with Gasteiger partial charge in [-0.3, -0.25) is 19.8 Å². The number of amides is 1. The summed E-state index contributed by atoms with van der Waals surface area (Å²) in [6, 6.07) is 4.15. The maximum atomic E-state index is 12.2. The molecule has 1 N–H and O–H groups in total. The van der Waals surface area contributed by atoms with Crippen molar-refractivity contribution in [2.45, 2.75) is 25.7 Å². The summed E-state index contributed by atoms with van der Waals surface area (Å²) < 4.78 is 5.14. The number of anilines is 1. The van der Waals surface area contributed by atoms with E-state index in [9.17, 15) is 14.9 Å². The van der Waals surface area contributed by atoms with E-state index < -0.39 is 4.92 Å². The molecule has 0 aliphatic carbocycles. The zero-order valence-electron chi connectivity index (χ0n) is 12.7. The van der Waals surface area contributed by atoms with Crippen LogP contribution in [0.5, 0.6) is 5.75 Å². The molecule has 7 nitrogen and oxygen atoms in total. The van der Waals surface area contributed by atoms with Crippen molar-refractivity contribution in [3.8, 4) is 5.75 Å². The molecule has 1 saturated heterocycles. The number of ether oxygens (including phenoxy) is 1. The zero-order chi connectivity index (χ0) is 15.9. The van der Waals surface area contributed by atoms with E-state index in [4.69, 9.17) is 4.74 Å². The molecule has 1 aromatic carbocycles. The molecule has 0 bridgehead atoms. The van der Waals surface area contributed by atoms with E-state index in [-0.39, 0.29) is 11.6 Å². The number of methoxy groups -OCH3 is 1. The number of nitrogens with one attached hydrogen (secondary N) is 1. The van der Waals surface area contributed by atoms with Crippen LogP contribution >= 0.6 is 0 Å². The molecule has 1 fully saturated rings. The van der Waals surface area contributed by atoms with Gasteiger partial charge in [-0.25, -0.2) is 0 Å². The van der Waals surface area contributed by atoms with E-state index in [0.717, 1.165) is 25.9 Å². The molecule has 1 amide bonds. The number of non-ortho nitro benzene ring substituents is 1. The first-order valence-corrected chi connectivity index (χ1v) is 7.45. The SMILES string of the molecule is COc1ccc([N+](=O)[O-])cc1NC(=O)CN1CCCCCC1. The van der Waals surface area contributed by atoms with Crippen molar-refractivity contribution >= 4 is 17.3 Å². The Morgan fingerprint density at radius 2 is 2.00 bits per heavy atom. The van der Waals surface area contributed by atoms with Crippen LogP contribution in [0.4, 0.5) is 11.4 Å². The molecule has 120 valence electrons. The molecule has 1 aliphatic rings. The minimum atomic E-state index is -0.496. The first-order chi connectivity index (χ1) is 10.6. The van der Waals surface area contributed by atoms with Crippen molar-refractivity contribution < 1.29 is 14.5 Å². The Balaban J connectivity index is 2.03. The van der Waals surface area contributed by atoms with Gasteiger partial charge in [-0.2, -0.15) is 0 Å². The highest BCUT2D eigenvalue weighted by molar-refractivity contribution is 5.94. The number of likely N-dealkylation sites (tertiary alicyclic amines) is 1. The molecule has 0 radical (unpaired) electrons. The number of hydrogen-bond donors (Lipinski definition) is 1. The van der Waals surface area contributed by atoms with Crippen LogP contribution in [0, 0.1) is 10.1 Å². The maximum Gasteiger partial charge on any atom is 0.271 e. The molecular weight excluding hydrogens is 286 g/mol. The van der Waals surface area contributed by atoms with Crippen LogP contribution in [0.25, 0.3) is 0 Å². The molecule has 0 unspecified atom stereocenters. The van der Waals surface area contributed by atoms with Crippen LogP contribution < -0.4 is 10.1 Å². The number of nitrogens with zero attached hydrogens (tertiary/aromatic N) is 2. The minimum absolute atomic E-state index is 0.0779. The van der Waals surface area contributed by atoms with Crippen LogP contribution in [0.1, 0.15) is 25.7 Å². The van der Waals surface area contributed by atoms with Gasteiger partial charge in [-0.1, -0.05) is 12.8 Å². The van der Waals surface area contributed by atoms with Crippen molar-refractivity contribution in [3.63, 3.8) is 0 Å². The zero-order valence-corrected chi connectivity index (χ0v) is 12.7. The van der Waals surface area contributed by atoms with Crippen LogP contribution in [-0.4, -0.2) is 42.5 Å². The summed E-state index contributed by atoms with van der Waals surface area (Å²) in [7, 11) is 1.46. The summed E-state index contributed by atoms with van der Waals surface area (Å²) in [4.78, 5) is 24.6. The highest BCUT2D eigenvalue weighted by Crippen LogP contribution is 2.28. The Morgan fingerprint density at radius 3 is 2.59 bits per heavy atom. The fourth-order valence-electron chi connectivity index (χ4n) is 2.59. The Kier molecular flexibility index (Phi) is 5.71. The van der Waals surface area contributed by atoms with Crippen molar-refractivity contribution in [1.29, 1.82) is 0 Å². The number of hydrogen-bond acceptors (Lipinski definition) is 5. The minimum Gasteiger partial charge on any atom is -0.495 e. The third-order valence-corrected chi connectivity index (χ3v) is 3.73. The van der Waals surface area contributed by atoms with E-state index in [1.807, 2.05) is 0 Å². The Labute approximate surface area is 129 Å². The fourth-order valence-corrected chi connectivity index (χ4v) is 2.59. The van der Waals surface area contributed by atoms with Gasteiger partial charge in [0.1, 0.15) is 5.75 Å². The number of carbonyl (C=O) groups excluding carboxylic acids is 1. The van der Waals surface area contributed by atoms with Crippen LogP contribution in [-0.2, 0) is 4.79 Å². The molecule has 7 heteroatoms. The quantitative estimate of drug-likeness (QED) is 0.667. The van der Waals surface area contributed by atoms with E-state index >= 15 is 0 Å². The topological polar surface area (TPSA) is 84.7 Å². The second kappa shape index (κ2) is 7.74. The summed E-state index contributed by atoms with van der Waals surface area (Å²) >= 11 is 0. The second-order valence-electron chi connectivity index (χ2n) is 5.38. The number of carbonyl (C=O) groups is 1. The average molecular weight is 307 g/mol. The molecule has 1 heterocycles. The Bertz CT molecular complexity index is 540. The van der Waals surface area contributed by atoms with Crippen molar-refractivity contribution in [2.75, 3.05) is 32.1 Å². The largest absolute Gasteiger partial charge is 0.495 e. The number of nitro benzene ring substituents is 1. The molecule has 0 aromatic heterocycles. The molecular formula is C15H21N3O4. The normalized spacial score (nSPS) is 15.9. The van der Waals surface area contributed by atoms with Gasteiger partial charge >= 0.3 is 0 Å². The molecule has 1 aliphatic heterocycles. The molecule has 1 aromatic rings. The summed E-state index contributed by atoms with van der Waals surface area (Å²) in [5.41, 5.74) is 0.252. The lowest BCUT2D eigenvalue weighted by Gasteiger charge is -2.19. The highest BCUT2D eigenvalue weighted by Gasteiger charge is 2.16. The monoisotopic (exact) mass is 307 g/mol. The molecule has 0 saturated carbocycles. The average Bonchev–Trinajstić information content (AvgIpc) is 2.75. The van der Waals surface area contributed by atoms with Crippen LogP contribution in [0.3, 0.4) is 0 Å². The van der Waals surface area contributed by atoms with Crippen molar-refractivity contribution in [1.82, 2.24) is 4.90 Å². The van der Waals surface area contributed by atoms with E-state index in [1.54, 1.807) is 0 Å². The first kappa shape index (κ1) is 16.2. The van der Waals surface area contributed by atoms with Gasteiger partial charge in [0.2, 0.25) is 5.91 Å². The predicted molar refractivity (Wildman–Crippen MR) is 83.2 cm³/mol. The van der Waals surface area contributed by atoms with E-state index in [2.05, 4.69) is 10.2 Å². The van der Waals surface area contributed by atoms with Gasteiger partial charge < -0.3 is 10.1 Å². The second-order valence-corrected chi connectivity index (χ2v) is 5.38. The first-order valence-electron chi connectivity index (χ1n) is 7.45. The molecule has 0 atom stereocenters. The highest BCUT2D eigenvalue weighted by atomic mass is 16.6. The van der Waals surface area contributed by atoms with Crippen molar-refractivity contribution in [3.05, 3.63) is 28.3 Å². The fraction of sp³-hybridized carbons (Fsp3) is 0.533. The number of nitro groups is 1.